The molecular weight excluding hydrogens is 384 g/mol. The predicted octanol–water partition coefficient (Wildman–Crippen LogP) is 0.848. The molecule has 0 radical (unpaired) electrons. The maximum atomic E-state index is 13.1. The van der Waals surface area contributed by atoms with Gasteiger partial charge in [0.05, 0.1) is 6.04 Å². The Labute approximate surface area is 176 Å². The molecule has 1 saturated heterocycles. The number of allylic oxidation sites excluding steroid dienone is 2. The highest BCUT2D eigenvalue weighted by Crippen LogP contribution is 2.32. The number of carbonyl (C=O) groups excluding carboxylic acids is 1. The van der Waals surface area contributed by atoms with E-state index in [0.29, 0.717) is 23.6 Å². The number of hydrogen-bond donors (Lipinski definition) is 4. The Balaban J connectivity index is 1.73. The highest BCUT2D eigenvalue weighted by atomic mass is 19.1. The molecule has 10 heteroatoms. The quantitative estimate of drug-likeness (QED) is 0.395. The van der Waals surface area contributed by atoms with Crippen LogP contribution in [0.25, 0.3) is 0 Å². The molecule has 1 aliphatic heterocycles. The lowest BCUT2D eigenvalue weighted by atomic mass is 9.76. The maximum absolute atomic E-state index is 13.1. The van der Waals surface area contributed by atoms with Gasteiger partial charge in [0, 0.05) is 30.7 Å². The summed E-state index contributed by atoms with van der Waals surface area (Å²) in [6.07, 6.45) is 7.52. The normalized spacial score (nSPS) is 20.5. The lowest BCUT2D eigenvalue weighted by Crippen LogP contribution is -2.40. The van der Waals surface area contributed by atoms with E-state index in [1.54, 1.807) is 30.5 Å². The minimum atomic E-state index is -0.568. The van der Waals surface area contributed by atoms with Crippen LogP contribution in [0.4, 0.5) is 15.9 Å². The third kappa shape index (κ3) is 5.21. The first kappa shape index (κ1) is 21.4. The Bertz CT molecular complexity index is 941. The summed E-state index contributed by atoms with van der Waals surface area (Å²) < 4.78 is 15.0. The number of benzene rings is 1. The molecule has 1 unspecified atom stereocenters. The summed E-state index contributed by atoms with van der Waals surface area (Å²) in [6.45, 7) is 2.37. The van der Waals surface area contributed by atoms with E-state index in [0.717, 1.165) is 25.2 Å². The second-order valence-corrected chi connectivity index (χ2v) is 7.56. The van der Waals surface area contributed by atoms with Crippen LogP contribution in [0.5, 0.6) is 0 Å². The Morgan fingerprint density at radius 3 is 2.70 bits per heavy atom. The molecule has 0 bridgehead atoms. The van der Waals surface area contributed by atoms with Crippen LogP contribution >= 0.6 is 0 Å². The lowest BCUT2D eigenvalue weighted by Gasteiger charge is -2.37. The number of nitrogens with one attached hydrogen (secondary N) is 1. The summed E-state index contributed by atoms with van der Waals surface area (Å²) in [5, 5.41) is 7.64. The first-order valence-corrected chi connectivity index (χ1v) is 9.84. The van der Waals surface area contributed by atoms with Crippen molar-refractivity contribution < 1.29 is 9.18 Å². The molecule has 1 amide bonds. The number of amides is 1. The fraction of sp³-hybridized carbons (Fsp3) is 0.300. The van der Waals surface area contributed by atoms with E-state index in [4.69, 9.17) is 17.2 Å². The Kier molecular flexibility index (Phi) is 6.78. The van der Waals surface area contributed by atoms with Crippen molar-refractivity contribution in [2.75, 3.05) is 25.0 Å². The van der Waals surface area contributed by atoms with Crippen LogP contribution in [-0.2, 0) is 0 Å². The molecule has 7 N–H and O–H groups in total. The monoisotopic (exact) mass is 411 g/mol. The van der Waals surface area contributed by atoms with E-state index in [1.807, 2.05) is 4.68 Å². The van der Waals surface area contributed by atoms with Gasteiger partial charge >= 0.3 is 0 Å². The smallest absolute Gasteiger partial charge is 0.254 e. The molecular formula is C20H27BFN7O. The largest absolute Gasteiger partial charge is 0.405 e. The molecule has 0 aliphatic carbocycles. The van der Waals surface area contributed by atoms with E-state index in [-0.39, 0.29) is 17.7 Å². The summed E-state index contributed by atoms with van der Waals surface area (Å²) in [5.74, 6) is -0.251. The first-order valence-electron chi connectivity index (χ1n) is 9.84. The van der Waals surface area contributed by atoms with E-state index < -0.39 is 5.91 Å². The highest BCUT2D eigenvalue weighted by Gasteiger charge is 2.29. The predicted molar refractivity (Wildman–Crippen MR) is 118 cm³/mol. The van der Waals surface area contributed by atoms with Gasteiger partial charge < -0.3 is 22.5 Å². The van der Waals surface area contributed by atoms with Gasteiger partial charge in [-0.2, -0.15) is 5.10 Å². The van der Waals surface area contributed by atoms with Gasteiger partial charge in [-0.05, 0) is 61.4 Å². The van der Waals surface area contributed by atoms with Gasteiger partial charge in [-0.3, -0.25) is 14.4 Å². The summed E-state index contributed by atoms with van der Waals surface area (Å²) in [4.78, 5) is 14.2. The number of piperidine rings is 1. The van der Waals surface area contributed by atoms with E-state index in [2.05, 4.69) is 23.2 Å². The molecule has 2 heterocycles. The Morgan fingerprint density at radius 2 is 2.07 bits per heavy atom. The summed E-state index contributed by atoms with van der Waals surface area (Å²) in [5.41, 5.74) is 18.6. The van der Waals surface area contributed by atoms with Crippen LogP contribution in [0, 0.1) is 5.82 Å². The van der Waals surface area contributed by atoms with Gasteiger partial charge in [-0.15, -0.1) is 0 Å². The molecule has 1 aromatic carbocycles. The maximum Gasteiger partial charge on any atom is 0.254 e. The van der Waals surface area contributed by atoms with Crippen molar-refractivity contribution in [1.29, 1.82) is 0 Å². The Hall–Kier alpha value is -3.27. The van der Waals surface area contributed by atoms with Crippen LogP contribution in [0.2, 0.25) is 5.82 Å². The average molecular weight is 411 g/mol. The number of halogens is 1. The van der Waals surface area contributed by atoms with Gasteiger partial charge in [0.25, 0.3) is 5.91 Å². The van der Waals surface area contributed by atoms with Crippen molar-refractivity contribution in [3.05, 3.63) is 65.9 Å². The van der Waals surface area contributed by atoms with Gasteiger partial charge in [0.1, 0.15) is 19.2 Å². The molecule has 2 aromatic rings. The fourth-order valence-corrected chi connectivity index (χ4v) is 3.75. The molecule has 8 nitrogen and oxygen atoms in total. The highest BCUT2D eigenvalue weighted by molar-refractivity contribution is 6.12. The molecule has 2 atom stereocenters. The van der Waals surface area contributed by atoms with Gasteiger partial charge in [0.15, 0.2) is 5.82 Å². The molecule has 30 heavy (non-hydrogen) atoms. The average Bonchev–Trinajstić information content (AvgIpc) is 3.12. The number of anilines is 2. The van der Waals surface area contributed by atoms with Crippen LogP contribution < -0.4 is 22.5 Å². The number of nitrogens with zero attached hydrogens (tertiary/aromatic N) is 3. The second-order valence-electron chi connectivity index (χ2n) is 7.56. The minimum absolute atomic E-state index is 0.122. The zero-order chi connectivity index (χ0) is 21.7. The van der Waals surface area contributed by atoms with Gasteiger partial charge in [-0.1, -0.05) is 0 Å². The molecule has 3 rings (SSSR count). The molecule has 0 saturated carbocycles. The van der Waals surface area contributed by atoms with E-state index in [1.165, 1.54) is 18.3 Å². The first-order chi connectivity index (χ1) is 14.4. The zero-order valence-corrected chi connectivity index (χ0v) is 17.0. The Morgan fingerprint density at radius 1 is 1.33 bits per heavy atom. The third-order valence-corrected chi connectivity index (χ3v) is 5.22. The van der Waals surface area contributed by atoms with Crippen molar-refractivity contribution in [1.82, 2.24) is 14.7 Å². The zero-order valence-electron chi connectivity index (χ0n) is 17.0. The fourth-order valence-electron chi connectivity index (χ4n) is 3.75. The third-order valence-electron chi connectivity index (χ3n) is 5.22. The number of hydrogen-bond acceptors (Lipinski definition) is 6. The van der Waals surface area contributed by atoms with Crippen molar-refractivity contribution in [2.24, 2.45) is 17.2 Å². The number of rotatable bonds is 7. The molecule has 1 fully saturated rings. The van der Waals surface area contributed by atoms with E-state index in [9.17, 15) is 9.18 Å². The minimum Gasteiger partial charge on any atom is -0.405 e. The number of aromatic nitrogens is 2. The molecule has 158 valence electrons. The number of likely N-dealkylation sites (tertiary alicyclic amines) is 1. The summed E-state index contributed by atoms with van der Waals surface area (Å²) >= 11 is 0. The van der Waals surface area contributed by atoms with Crippen LogP contribution in [-0.4, -0.2) is 48.1 Å². The van der Waals surface area contributed by atoms with Crippen LogP contribution in [0.15, 0.2) is 54.5 Å². The number of carbonyl (C=O) groups is 1. The van der Waals surface area contributed by atoms with E-state index >= 15 is 0 Å². The standard InChI is InChI=1S/C20H27BFN7O/c21-17-12-28(10-14(24)2-1-8-23)9-7-18(17)29-11-16(19(25)30)20(27-29)26-15-5-3-13(22)4-6-15/h1-6,8,11,17-18H,7,9-10,12,21,23-24H2,(H2,25,30)(H,26,27)/b8-1-,14-2-/t17-,18?/m1/s1. The molecule has 0 spiro atoms. The van der Waals surface area contributed by atoms with Crippen molar-refractivity contribution in [2.45, 2.75) is 18.3 Å². The molecule has 1 aromatic heterocycles. The van der Waals surface area contributed by atoms with Crippen molar-refractivity contribution >= 4 is 25.3 Å². The lowest BCUT2D eigenvalue weighted by molar-refractivity contribution is 0.100. The summed E-state index contributed by atoms with van der Waals surface area (Å²) in [6, 6.07) is 5.96. The molecule has 1 aliphatic rings. The summed E-state index contributed by atoms with van der Waals surface area (Å²) in [7, 11) is 2.15. The topological polar surface area (TPSA) is 128 Å². The van der Waals surface area contributed by atoms with Gasteiger partial charge in [-0.25, -0.2) is 4.39 Å². The van der Waals surface area contributed by atoms with Crippen molar-refractivity contribution in [3.8, 4) is 0 Å². The number of primary amides is 1. The number of nitrogens with two attached hydrogens (primary N) is 3. The van der Waals surface area contributed by atoms with Crippen molar-refractivity contribution in [3.63, 3.8) is 0 Å². The second kappa shape index (κ2) is 9.49. The van der Waals surface area contributed by atoms with Gasteiger partial charge in [0.2, 0.25) is 0 Å². The van der Waals surface area contributed by atoms with Crippen LogP contribution in [0.3, 0.4) is 0 Å². The van der Waals surface area contributed by atoms with Crippen LogP contribution in [0.1, 0.15) is 22.8 Å². The SMILES string of the molecule is B[C@@H]1CN(C/C(N)=C/C=C\N)CCC1n1cc(C(N)=O)c(Nc2ccc(F)cc2)n1.